The zero-order valence-corrected chi connectivity index (χ0v) is 26.9. The predicted octanol–water partition coefficient (Wildman–Crippen LogP) is 12.0. The van der Waals surface area contributed by atoms with Crippen molar-refractivity contribution >= 4 is 34.2 Å². The molecule has 42 heavy (non-hydrogen) atoms. The molecule has 0 unspecified atom stereocenters. The molecule has 220 valence electrons. The van der Waals surface area contributed by atoms with Crippen LogP contribution in [0, 0.1) is 0 Å². The van der Waals surface area contributed by atoms with Crippen molar-refractivity contribution < 1.29 is 9.59 Å². The number of carbonyl (C=O) groups is 2. The van der Waals surface area contributed by atoms with Crippen LogP contribution >= 0.6 is 22.7 Å². The number of hydrogen-bond acceptors (Lipinski definition) is 4. The highest BCUT2D eigenvalue weighted by molar-refractivity contribution is 7.15. The minimum absolute atomic E-state index is 0.399. The Balaban J connectivity index is 1.32. The largest absolute Gasteiger partial charge is 0.285 e. The highest BCUT2D eigenvalue weighted by Crippen LogP contribution is 2.41. The monoisotopic (exact) mass is 596 g/mol. The Kier molecular flexibility index (Phi) is 11.0. The van der Waals surface area contributed by atoms with Gasteiger partial charge in [0.1, 0.15) is 0 Å². The predicted molar refractivity (Wildman–Crippen MR) is 181 cm³/mol. The second-order valence-electron chi connectivity index (χ2n) is 11.7. The van der Waals surface area contributed by atoms with Crippen molar-refractivity contribution in [3.8, 4) is 32.0 Å². The maximum Gasteiger partial charge on any atom is 0.234 e. The van der Waals surface area contributed by atoms with Gasteiger partial charge >= 0.3 is 0 Å². The Labute approximate surface area is 260 Å². The molecule has 0 saturated heterocycles. The van der Waals surface area contributed by atoms with E-state index in [-0.39, 0.29) is 0 Å². The number of carbonyl (C=O) groups excluding carboxylic acids is 2. The van der Waals surface area contributed by atoms with Gasteiger partial charge in [-0.25, -0.2) is 0 Å². The normalized spacial score (nSPS) is 12.5. The van der Waals surface area contributed by atoms with Crippen LogP contribution in [-0.4, -0.2) is 11.6 Å². The van der Waals surface area contributed by atoms with Crippen LogP contribution in [0.3, 0.4) is 0 Å². The average molecular weight is 597 g/mol. The molecule has 2 heterocycles. The van der Waals surface area contributed by atoms with Crippen molar-refractivity contribution in [2.45, 2.75) is 104 Å². The third-order valence-electron chi connectivity index (χ3n) is 8.47. The number of rotatable bonds is 16. The number of unbranched alkanes of at least 4 members (excludes halogenated alkanes) is 10. The summed E-state index contributed by atoms with van der Waals surface area (Å²) in [6.07, 6.45) is 17.9. The lowest BCUT2D eigenvalue weighted by molar-refractivity contribution is 0.0815. The Morgan fingerprint density at radius 3 is 1.29 bits per heavy atom. The van der Waals surface area contributed by atoms with Crippen LogP contribution in [-0.2, 0) is 12.8 Å². The van der Waals surface area contributed by atoms with Gasteiger partial charge in [0.05, 0.1) is 0 Å². The van der Waals surface area contributed by atoms with Crippen molar-refractivity contribution in [3.63, 3.8) is 0 Å². The standard InChI is InChI=1S/C38H44O2S2/c1-3-5-7-9-11-13-15-29-19-23-35(41-29)27-17-21-31-33(25-27)34-26-28(18-22-32(34)38(40)37(31)39)36-24-20-30(42-36)16-14-12-10-8-6-4-2/h17-26H,3-16H2,1-2H3. The van der Waals surface area contributed by atoms with Crippen LogP contribution < -0.4 is 0 Å². The van der Waals surface area contributed by atoms with Crippen LogP contribution in [0.15, 0.2) is 60.7 Å². The fraction of sp³-hybridized carbons (Fsp3) is 0.421. The first kappa shape index (κ1) is 30.6. The molecule has 0 fully saturated rings. The highest BCUT2D eigenvalue weighted by atomic mass is 32.1. The molecule has 0 bridgehead atoms. The molecule has 0 atom stereocenters. The molecule has 2 nitrogen and oxygen atoms in total. The Bertz CT molecular complexity index is 1390. The first-order chi connectivity index (χ1) is 20.6. The van der Waals surface area contributed by atoms with Crippen LogP contribution in [0.2, 0.25) is 0 Å². The second-order valence-corrected chi connectivity index (χ2v) is 14.1. The number of thiophene rings is 2. The van der Waals surface area contributed by atoms with Gasteiger partial charge in [0.2, 0.25) is 11.6 Å². The summed E-state index contributed by atoms with van der Waals surface area (Å²) in [6.45, 7) is 4.52. The van der Waals surface area contributed by atoms with Gasteiger partial charge in [0.25, 0.3) is 0 Å². The lowest BCUT2D eigenvalue weighted by Gasteiger charge is -2.19. The molecule has 4 aromatic rings. The Morgan fingerprint density at radius 2 is 0.857 bits per heavy atom. The van der Waals surface area contributed by atoms with Gasteiger partial charge in [0.15, 0.2) is 0 Å². The number of fused-ring (bicyclic) bond motifs is 3. The van der Waals surface area contributed by atoms with Gasteiger partial charge < -0.3 is 0 Å². The minimum atomic E-state index is -0.399. The number of aryl methyl sites for hydroxylation is 2. The summed E-state index contributed by atoms with van der Waals surface area (Å²) in [6, 6.07) is 20.9. The molecule has 4 heteroatoms. The SMILES string of the molecule is CCCCCCCCc1ccc(-c2ccc3c(c2)-c2cc(-c4ccc(CCCCCCCC)s4)ccc2C(=O)C3=O)s1. The summed E-state index contributed by atoms with van der Waals surface area (Å²) in [5.74, 6) is -0.798. The Hall–Kier alpha value is -2.82. The number of Topliss-reactive ketones (excluding diaryl/α,β-unsaturated/α-hetero) is 2. The highest BCUT2D eigenvalue weighted by Gasteiger charge is 2.31. The van der Waals surface area contributed by atoms with Gasteiger partial charge in [-0.2, -0.15) is 0 Å². The molecule has 0 N–H and O–H groups in total. The van der Waals surface area contributed by atoms with E-state index in [0.29, 0.717) is 11.1 Å². The van der Waals surface area contributed by atoms with Gasteiger partial charge in [-0.05, 0) is 96.5 Å². The lowest BCUT2D eigenvalue weighted by Crippen LogP contribution is -2.21. The molecule has 1 aliphatic carbocycles. The van der Waals surface area contributed by atoms with Gasteiger partial charge in [-0.1, -0.05) is 90.2 Å². The zero-order chi connectivity index (χ0) is 29.3. The average Bonchev–Trinajstić information content (AvgIpc) is 3.69. The van der Waals surface area contributed by atoms with Crippen molar-refractivity contribution in [3.05, 3.63) is 81.5 Å². The molecule has 1 aliphatic rings. The summed E-state index contributed by atoms with van der Waals surface area (Å²) in [7, 11) is 0. The van der Waals surface area contributed by atoms with Crippen LogP contribution in [0.1, 0.15) is 121 Å². The third-order valence-corrected chi connectivity index (χ3v) is 10.9. The summed E-state index contributed by atoms with van der Waals surface area (Å²) in [4.78, 5) is 31.4. The van der Waals surface area contributed by atoms with Crippen LogP contribution in [0.5, 0.6) is 0 Å². The van der Waals surface area contributed by atoms with E-state index >= 15 is 0 Å². The first-order valence-corrected chi connectivity index (χ1v) is 17.8. The molecular weight excluding hydrogens is 553 g/mol. The summed E-state index contributed by atoms with van der Waals surface area (Å²) < 4.78 is 0. The molecule has 2 aromatic carbocycles. The maximum absolute atomic E-state index is 13.0. The molecule has 2 aromatic heterocycles. The van der Waals surface area contributed by atoms with Crippen molar-refractivity contribution in [2.75, 3.05) is 0 Å². The van der Waals surface area contributed by atoms with E-state index in [1.165, 1.54) is 96.6 Å². The van der Waals surface area contributed by atoms with Gasteiger partial charge in [-0.3, -0.25) is 9.59 Å². The summed E-state index contributed by atoms with van der Waals surface area (Å²) >= 11 is 3.70. The fourth-order valence-corrected chi connectivity index (χ4v) is 8.07. The molecule has 0 radical (unpaired) electrons. The molecule has 0 spiro atoms. The second kappa shape index (κ2) is 15.1. The Morgan fingerprint density at radius 1 is 0.452 bits per heavy atom. The lowest BCUT2D eigenvalue weighted by atomic mass is 9.82. The molecular formula is C38H44O2S2. The first-order valence-electron chi connectivity index (χ1n) is 16.1. The van der Waals surface area contributed by atoms with Gasteiger partial charge in [0, 0.05) is 30.6 Å². The minimum Gasteiger partial charge on any atom is -0.285 e. The molecule has 5 rings (SSSR count). The molecule has 0 saturated carbocycles. The van der Waals surface area contributed by atoms with Crippen molar-refractivity contribution in [1.82, 2.24) is 0 Å². The van der Waals surface area contributed by atoms with Crippen LogP contribution in [0.4, 0.5) is 0 Å². The van der Waals surface area contributed by atoms with Crippen molar-refractivity contribution in [1.29, 1.82) is 0 Å². The molecule has 0 aliphatic heterocycles. The van der Waals surface area contributed by atoms with E-state index in [2.05, 4.69) is 50.2 Å². The van der Waals surface area contributed by atoms with Crippen molar-refractivity contribution in [2.24, 2.45) is 0 Å². The van der Waals surface area contributed by atoms with E-state index in [4.69, 9.17) is 0 Å². The van der Waals surface area contributed by atoms with E-state index in [9.17, 15) is 9.59 Å². The van der Waals surface area contributed by atoms with E-state index < -0.39 is 11.6 Å². The molecule has 0 amide bonds. The van der Waals surface area contributed by atoms with Gasteiger partial charge in [-0.15, -0.1) is 22.7 Å². The maximum atomic E-state index is 13.0. The van der Waals surface area contributed by atoms with E-state index in [1.807, 2.05) is 46.9 Å². The number of hydrogen-bond donors (Lipinski definition) is 0. The number of benzene rings is 2. The third kappa shape index (κ3) is 7.38. The fourth-order valence-electron chi connectivity index (χ4n) is 5.98. The topological polar surface area (TPSA) is 34.1 Å². The number of ketones is 2. The smallest absolute Gasteiger partial charge is 0.234 e. The summed E-state index contributed by atoms with van der Waals surface area (Å²) in [5, 5.41) is 0. The van der Waals surface area contributed by atoms with E-state index in [0.717, 1.165) is 35.1 Å². The zero-order valence-electron chi connectivity index (χ0n) is 25.3. The van der Waals surface area contributed by atoms with Crippen LogP contribution in [0.25, 0.3) is 32.0 Å². The van der Waals surface area contributed by atoms with E-state index in [1.54, 1.807) is 0 Å². The quantitative estimate of drug-likeness (QED) is 0.0952. The summed E-state index contributed by atoms with van der Waals surface area (Å²) in [5.41, 5.74) is 5.03.